The van der Waals surface area contributed by atoms with Crippen molar-refractivity contribution in [3.8, 4) is 5.75 Å². The van der Waals surface area contributed by atoms with Crippen LogP contribution in [0.4, 0.5) is 0 Å². The molecule has 1 aromatic rings. The van der Waals surface area contributed by atoms with Gasteiger partial charge < -0.3 is 5.11 Å². The number of phenolic OH excluding ortho intramolecular Hbond substituents is 1. The minimum absolute atomic E-state index is 0. The van der Waals surface area contributed by atoms with Gasteiger partial charge in [0.1, 0.15) is 5.75 Å². The number of hydrogen-bond donors (Lipinski definition) is 1. The maximum Gasteiger partial charge on any atom is 0.123 e. The van der Waals surface area contributed by atoms with E-state index in [0.717, 1.165) is 11.1 Å². The average molecular weight is 365 g/mol. The molecule has 0 amide bonds. The molecule has 0 aliphatic carbocycles. The summed E-state index contributed by atoms with van der Waals surface area (Å²) in [6.45, 7) is 14.9. The van der Waals surface area contributed by atoms with Gasteiger partial charge >= 0.3 is 0 Å². The van der Waals surface area contributed by atoms with Crippen molar-refractivity contribution < 1.29 is 45.9 Å². The third-order valence-corrected chi connectivity index (χ3v) is 2.87. The van der Waals surface area contributed by atoms with E-state index < -0.39 is 0 Å². The molecule has 0 spiro atoms. The van der Waals surface area contributed by atoms with Crippen molar-refractivity contribution in [2.24, 2.45) is 0 Å². The summed E-state index contributed by atoms with van der Waals surface area (Å²) in [5.74, 6) is 0.464. The van der Waals surface area contributed by atoms with Gasteiger partial charge in [0.2, 0.25) is 0 Å². The van der Waals surface area contributed by atoms with Crippen LogP contribution in [0, 0.1) is 47.8 Å². The Morgan fingerprint density at radius 3 is 1.35 bits per heavy atom. The Morgan fingerprint density at radius 1 is 0.824 bits per heavy atom. The topological polar surface area (TPSA) is 20.2 Å². The molecular weight excluding hydrogens is 340 g/mol. The molecule has 0 aliphatic heterocycles. The van der Waals surface area contributed by atoms with Gasteiger partial charge in [-0.1, -0.05) is 59.2 Å². The summed E-state index contributed by atoms with van der Waals surface area (Å²) in [5, 5.41) is 10.4. The fourth-order valence-electron chi connectivity index (χ4n) is 1.92. The smallest absolute Gasteiger partial charge is 0.123 e. The van der Waals surface area contributed by atoms with E-state index in [1.54, 1.807) is 0 Å². The summed E-state index contributed by atoms with van der Waals surface area (Å²) in [7, 11) is 0. The molecule has 0 atom stereocenters. The predicted octanol–water partition coefficient (Wildman–Crippen LogP) is 4.30. The van der Waals surface area contributed by atoms with Crippen LogP contribution in [0.3, 0.4) is 0 Å². The zero-order valence-corrected chi connectivity index (χ0v) is 15.3. The summed E-state index contributed by atoms with van der Waals surface area (Å²) in [4.78, 5) is 0. The van der Waals surface area contributed by atoms with Gasteiger partial charge in [-0.25, -0.2) is 0 Å². The van der Waals surface area contributed by atoms with Crippen LogP contribution >= 0.6 is 0 Å². The second kappa shape index (κ2) is 5.56. The monoisotopic (exact) mass is 362 g/mol. The van der Waals surface area contributed by atoms with E-state index in [2.05, 4.69) is 60.6 Å². The Hall–Kier alpha value is 0.371. The van der Waals surface area contributed by atoms with Gasteiger partial charge in [0.25, 0.3) is 0 Å². The molecule has 0 heterocycles. The van der Waals surface area contributed by atoms with Gasteiger partial charge in [-0.15, -0.1) is 0 Å². The molecule has 0 radical (unpaired) electrons. The summed E-state index contributed by atoms with van der Waals surface area (Å²) in [5.41, 5.74) is 3.26. The first kappa shape index (κ1) is 17.4. The first-order valence-corrected chi connectivity index (χ1v) is 5.88. The van der Waals surface area contributed by atoms with Gasteiger partial charge in [-0.05, 0) is 28.9 Å². The minimum atomic E-state index is -0.0178. The molecule has 0 aromatic heterocycles. The number of aryl methyl sites for hydroxylation is 1. The molecule has 1 rings (SSSR count). The van der Waals surface area contributed by atoms with Crippen LogP contribution in [0.2, 0.25) is 0 Å². The largest absolute Gasteiger partial charge is 0.507 e. The van der Waals surface area contributed by atoms with Crippen LogP contribution in [0.1, 0.15) is 58.2 Å². The molecule has 0 saturated carbocycles. The fourth-order valence-corrected chi connectivity index (χ4v) is 1.92. The van der Waals surface area contributed by atoms with Crippen LogP contribution in [0.25, 0.3) is 0 Å². The Kier molecular flexibility index (Phi) is 5.68. The van der Waals surface area contributed by atoms with Crippen LogP contribution in [-0.2, 0) is 10.8 Å². The molecule has 0 saturated heterocycles. The third-order valence-electron chi connectivity index (χ3n) is 2.87. The van der Waals surface area contributed by atoms with Crippen molar-refractivity contribution >= 4 is 0 Å². The molecule has 0 unspecified atom stereocenters. The Balaban J connectivity index is 0.00000256. The van der Waals surface area contributed by atoms with Gasteiger partial charge in [-0.3, -0.25) is 0 Å². The summed E-state index contributed by atoms with van der Waals surface area (Å²) < 4.78 is 0. The number of benzene rings is 1. The first-order valence-electron chi connectivity index (χ1n) is 5.88. The van der Waals surface area contributed by atoms with Crippen molar-refractivity contribution in [3.05, 3.63) is 28.8 Å². The van der Waals surface area contributed by atoms with Crippen LogP contribution < -0.4 is 0 Å². The maximum atomic E-state index is 10.4. The Morgan fingerprint density at radius 2 is 1.12 bits per heavy atom. The minimum Gasteiger partial charge on any atom is -0.507 e. The summed E-state index contributed by atoms with van der Waals surface area (Å²) >= 11 is 0. The van der Waals surface area contributed by atoms with Crippen molar-refractivity contribution in [2.45, 2.75) is 59.3 Å². The molecule has 1 nitrogen and oxygen atoms in total. The zero-order chi connectivity index (χ0) is 12.7. The Bertz CT molecular complexity index is 359. The van der Waals surface area contributed by atoms with Crippen molar-refractivity contribution in [3.63, 3.8) is 0 Å². The number of hydrogen-bond acceptors (Lipinski definition) is 1. The van der Waals surface area contributed by atoms with Crippen LogP contribution in [-0.4, -0.2) is 5.11 Å². The molecule has 0 fully saturated rings. The normalized spacial score (nSPS) is 12.2. The van der Waals surface area contributed by atoms with E-state index in [1.165, 1.54) is 5.56 Å². The number of phenols is 1. The number of rotatable bonds is 0. The standard InChI is InChI=1S/C15H24O.Nd/c1-10-8-11(14(2,3)4)13(16)12(9-10)15(5,6)7;/h8-9,16H,1-7H3;. The second-order valence-electron chi connectivity index (χ2n) is 6.71. The van der Waals surface area contributed by atoms with Gasteiger partial charge in [0.05, 0.1) is 0 Å². The molecule has 2 heteroatoms. The van der Waals surface area contributed by atoms with Gasteiger partial charge in [0.15, 0.2) is 0 Å². The van der Waals surface area contributed by atoms with E-state index in [0.29, 0.717) is 5.75 Å². The molecule has 1 N–H and O–H groups in total. The van der Waals surface area contributed by atoms with E-state index in [4.69, 9.17) is 0 Å². The first-order chi connectivity index (χ1) is 7.03. The average Bonchev–Trinajstić information content (AvgIpc) is 2.04. The summed E-state index contributed by atoms with van der Waals surface area (Å²) in [6, 6.07) is 4.18. The van der Waals surface area contributed by atoms with Gasteiger partial charge in [0, 0.05) is 40.8 Å². The van der Waals surface area contributed by atoms with E-state index in [1.807, 2.05) is 0 Å². The maximum absolute atomic E-state index is 10.4. The SMILES string of the molecule is Cc1cc(C(C)(C)C)c(O)c(C(C)(C)C)c1.[Nd]. The van der Waals surface area contributed by atoms with E-state index in [9.17, 15) is 5.11 Å². The zero-order valence-electron chi connectivity index (χ0n) is 12.1. The van der Waals surface area contributed by atoms with Crippen LogP contribution in [0.5, 0.6) is 5.75 Å². The fraction of sp³-hybridized carbons (Fsp3) is 0.600. The van der Waals surface area contributed by atoms with Crippen LogP contribution in [0.15, 0.2) is 12.1 Å². The van der Waals surface area contributed by atoms with Gasteiger partial charge in [-0.2, -0.15) is 0 Å². The second-order valence-corrected chi connectivity index (χ2v) is 6.71. The third kappa shape index (κ3) is 4.20. The quantitative estimate of drug-likeness (QED) is 0.728. The van der Waals surface area contributed by atoms with Crippen molar-refractivity contribution in [1.29, 1.82) is 0 Å². The van der Waals surface area contributed by atoms with E-state index in [-0.39, 0.29) is 51.7 Å². The van der Waals surface area contributed by atoms with E-state index >= 15 is 0 Å². The molecule has 0 bridgehead atoms. The molecule has 0 aliphatic rings. The molecule has 17 heavy (non-hydrogen) atoms. The molecule has 94 valence electrons. The number of aromatic hydroxyl groups is 1. The molecule has 1 aromatic carbocycles. The summed E-state index contributed by atoms with van der Waals surface area (Å²) in [6.07, 6.45) is 0. The predicted molar refractivity (Wildman–Crippen MR) is 70.2 cm³/mol. The van der Waals surface area contributed by atoms with Crippen molar-refractivity contribution in [1.82, 2.24) is 0 Å². The van der Waals surface area contributed by atoms with Crippen molar-refractivity contribution in [2.75, 3.05) is 0 Å². The molecular formula is C15H24NdO. The Labute approximate surface area is 139 Å².